The summed E-state index contributed by atoms with van der Waals surface area (Å²) in [5, 5.41) is 14.3. The summed E-state index contributed by atoms with van der Waals surface area (Å²) in [7, 11) is 0. The molecule has 1 fully saturated rings. The third-order valence-corrected chi connectivity index (χ3v) is 4.56. The molecule has 0 spiro atoms. The van der Waals surface area contributed by atoms with E-state index in [9.17, 15) is 19.5 Å². The minimum absolute atomic E-state index is 0.142. The highest BCUT2D eigenvalue weighted by Crippen LogP contribution is 2.25. The van der Waals surface area contributed by atoms with Crippen LogP contribution in [0.2, 0.25) is 0 Å². The van der Waals surface area contributed by atoms with Gasteiger partial charge in [-0.1, -0.05) is 49.6 Å². The maximum atomic E-state index is 12.0. The molecule has 6 heteroatoms. The van der Waals surface area contributed by atoms with Gasteiger partial charge in [-0.2, -0.15) is 0 Å². The molecule has 0 aromatic heterocycles. The van der Waals surface area contributed by atoms with E-state index in [1.165, 1.54) is 6.42 Å². The van der Waals surface area contributed by atoms with Crippen molar-refractivity contribution in [2.45, 2.75) is 51.0 Å². The number of nitrogens with one attached hydrogen (secondary N) is 2. The van der Waals surface area contributed by atoms with Crippen LogP contribution in [0.15, 0.2) is 30.3 Å². The largest absolute Gasteiger partial charge is 0.480 e. The zero-order valence-corrected chi connectivity index (χ0v) is 14.4. The fourth-order valence-electron chi connectivity index (χ4n) is 3.20. The first-order valence-electron chi connectivity index (χ1n) is 8.87. The Morgan fingerprint density at radius 3 is 2.36 bits per heavy atom. The molecule has 2 rings (SSSR count). The van der Waals surface area contributed by atoms with Crippen molar-refractivity contribution < 1.29 is 19.5 Å². The summed E-state index contributed by atoms with van der Waals surface area (Å²) in [4.78, 5) is 35.2. The average molecular weight is 346 g/mol. The van der Waals surface area contributed by atoms with Crippen LogP contribution in [-0.4, -0.2) is 35.5 Å². The van der Waals surface area contributed by atoms with Gasteiger partial charge in [-0.05, 0) is 24.3 Å². The number of carbonyl (C=O) groups excluding carboxylic acids is 2. The molecule has 6 nitrogen and oxygen atoms in total. The predicted molar refractivity (Wildman–Crippen MR) is 93.9 cm³/mol. The molecule has 3 N–H and O–H groups in total. The van der Waals surface area contributed by atoms with Gasteiger partial charge in [-0.15, -0.1) is 0 Å². The van der Waals surface area contributed by atoms with Crippen molar-refractivity contribution in [3.63, 3.8) is 0 Å². The van der Waals surface area contributed by atoms with Gasteiger partial charge < -0.3 is 15.7 Å². The molecular weight excluding hydrogens is 320 g/mol. The first-order valence-corrected chi connectivity index (χ1v) is 8.87. The number of rotatable bonds is 8. The Bertz CT molecular complexity index is 582. The van der Waals surface area contributed by atoms with Gasteiger partial charge in [0.05, 0.1) is 6.54 Å². The molecule has 1 aromatic rings. The predicted octanol–water partition coefficient (Wildman–Crippen LogP) is 1.89. The lowest BCUT2D eigenvalue weighted by atomic mass is 9.87. The normalized spacial score (nSPS) is 16.0. The van der Waals surface area contributed by atoms with E-state index < -0.39 is 17.9 Å². The zero-order valence-electron chi connectivity index (χ0n) is 14.4. The van der Waals surface area contributed by atoms with E-state index in [4.69, 9.17) is 0 Å². The Labute approximate surface area is 148 Å². The van der Waals surface area contributed by atoms with E-state index in [-0.39, 0.29) is 18.9 Å². The van der Waals surface area contributed by atoms with Crippen molar-refractivity contribution in [2.24, 2.45) is 5.92 Å². The third-order valence-electron chi connectivity index (χ3n) is 4.56. The summed E-state index contributed by atoms with van der Waals surface area (Å²) in [5.41, 5.74) is 0.830. The van der Waals surface area contributed by atoms with Crippen molar-refractivity contribution in [2.75, 3.05) is 6.54 Å². The number of carboxylic acids is 1. The van der Waals surface area contributed by atoms with Gasteiger partial charge in [0.25, 0.3) is 0 Å². The van der Waals surface area contributed by atoms with Crippen LogP contribution in [-0.2, 0) is 20.8 Å². The number of amides is 2. The molecule has 0 saturated heterocycles. The van der Waals surface area contributed by atoms with Gasteiger partial charge in [-0.25, -0.2) is 4.79 Å². The average Bonchev–Trinajstić information content (AvgIpc) is 2.61. The summed E-state index contributed by atoms with van der Waals surface area (Å²) in [6.07, 6.45) is 6.35. The second-order valence-electron chi connectivity index (χ2n) is 6.63. The van der Waals surface area contributed by atoms with Crippen LogP contribution in [0.25, 0.3) is 0 Å². The standard InChI is InChI=1S/C19H26N2O4/c22-17(12-15-9-5-2-6-10-15)20-13-18(23)21-16(19(24)25)11-14-7-3-1-4-8-14/h1,3-4,7-8,15-16H,2,5-6,9-13H2,(H,20,22)(H,21,23)(H,24,25)/t16-/m0/s1. The lowest BCUT2D eigenvalue weighted by Gasteiger charge is -2.21. The van der Waals surface area contributed by atoms with Crippen LogP contribution in [0.5, 0.6) is 0 Å². The molecule has 136 valence electrons. The van der Waals surface area contributed by atoms with Crippen molar-refractivity contribution in [1.29, 1.82) is 0 Å². The third kappa shape index (κ3) is 6.95. The highest BCUT2D eigenvalue weighted by molar-refractivity contribution is 5.88. The Kier molecular flexibility index (Phi) is 7.44. The molecule has 1 aromatic carbocycles. The van der Waals surface area contributed by atoms with Gasteiger partial charge in [0.1, 0.15) is 6.04 Å². The number of carboxylic acid groups (broad SMARTS) is 1. The van der Waals surface area contributed by atoms with E-state index in [1.54, 1.807) is 0 Å². The Balaban J connectivity index is 1.74. The second-order valence-corrected chi connectivity index (χ2v) is 6.63. The quantitative estimate of drug-likeness (QED) is 0.670. The first kappa shape index (κ1) is 19.0. The highest BCUT2D eigenvalue weighted by atomic mass is 16.4. The molecular formula is C19H26N2O4. The van der Waals surface area contributed by atoms with Crippen LogP contribution >= 0.6 is 0 Å². The summed E-state index contributed by atoms with van der Waals surface area (Å²) >= 11 is 0. The summed E-state index contributed by atoms with van der Waals surface area (Å²) in [6, 6.07) is 8.11. The Morgan fingerprint density at radius 1 is 1.04 bits per heavy atom. The molecule has 0 heterocycles. The van der Waals surface area contributed by atoms with E-state index in [1.807, 2.05) is 30.3 Å². The summed E-state index contributed by atoms with van der Waals surface area (Å²) in [6.45, 7) is -0.190. The van der Waals surface area contributed by atoms with Gasteiger partial charge in [0.15, 0.2) is 0 Å². The van der Waals surface area contributed by atoms with Gasteiger partial charge in [0, 0.05) is 12.8 Å². The van der Waals surface area contributed by atoms with E-state index in [0.29, 0.717) is 12.3 Å². The van der Waals surface area contributed by atoms with Crippen LogP contribution in [0, 0.1) is 5.92 Å². The maximum Gasteiger partial charge on any atom is 0.326 e. The van der Waals surface area contributed by atoms with Gasteiger partial charge in [0.2, 0.25) is 11.8 Å². The fraction of sp³-hybridized carbons (Fsp3) is 0.526. The van der Waals surface area contributed by atoms with Crippen molar-refractivity contribution in [3.05, 3.63) is 35.9 Å². The number of benzene rings is 1. The number of hydrogen-bond donors (Lipinski definition) is 3. The molecule has 1 saturated carbocycles. The Morgan fingerprint density at radius 2 is 1.72 bits per heavy atom. The van der Waals surface area contributed by atoms with E-state index >= 15 is 0 Å². The molecule has 0 unspecified atom stereocenters. The van der Waals surface area contributed by atoms with Gasteiger partial charge >= 0.3 is 5.97 Å². The lowest BCUT2D eigenvalue weighted by molar-refractivity contribution is -0.141. The summed E-state index contributed by atoms with van der Waals surface area (Å²) < 4.78 is 0. The van der Waals surface area contributed by atoms with Crippen LogP contribution < -0.4 is 10.6 Å². The minimum Gasteiger partial charge on any atom is -0.480 e. The molecule has 1 aliphatic carbocycles. The smallest absolute Gasteiger partial charge is 0.326 e. The van der Waals surface area contributed by atoms with Crippen molar-refractivity contribution in [1.82, 2.24) is 10.6 Å². The molecule has 0 aliphatic heterocycles. The van der Waals surface area contributed by atoms with Crippen molar-refractivity contribution >= 4 is 17.8 Å². The number of aliphatic carboxylic acids is 1. The van der Waals surface area contributed by atoms with E-state index in [0.717, 1.165) is 31.2 Å². The molecule has 0 radical (unpaired) electrons. The number of carbonyl (C=O) groups is 3. The zero-order chi connectivity index (χ0) is 18.1. The van der Waals surface area contributed by atoms with Crippen molar-refractivity contribution in [3.8, 4) is 0 Å². The molecule has 0 bridgehead atoms. The monoisotopic (exact) mass is 346 g/mol. The molecule has 1 atom stereocenters. The molecule has 2 amide bonds. The SMILES string of the molecule is O=C(CC1CCCCC1)NCC(=O)N[C@@H](Cc1ccccc1)C(=O)O. The maximum absolute atomic E-state index is 12.0. The van der Waals surface area contributed by atoms with Crippen LogP contribution in [0.3, 0.4) is 0 Å². The summed E-state index contributed by atoms with van der Waals surface area (Å²) in [5.74, 6) is -1.32. The second kappa shape index (κ2) is 9.81. The first-order chi connectivity index (χ1) is 12.0. The van der Waals surface area contributed by atoms with Gasteiger partial charge in [-0.3, -0.25) is 9.59 Å². The van der Waals surface area contributed by atoms with E-state index in [2.05, 4.69) is 10.6 Å². The number of hydrogen-bond acceptors (Lipinski definition) is 3. The topological polar surface area (TPSA) is 95.5 Å². The molecule has 25 heavy (non-hydrogen) atoms. The minimum atomic E-state index is -1.09. The highest BCUT2D eigenvalue weighted by Gasteiger charge is 2.21. The van der Waals surface area contributed by atoms with Crippen LogP contribution in [0.4, 0.5) is 0 Å². The lowest BCUT2D eigenvalue weighted by Crippen LogP contribution is -2.46. The van der Waals surface area contributed by atoms with Crippen LogP contribution in [0.1, 0.15) is 44.1 Å². The Hall–Kier alpha value is -2.37. The fourth-order valence-corrected chi connectivity index (χ4v) is 3.20. The molecule has 1 aliphatic rings.